The van der Waals surface area contributed by atoms with Gasteiger partial charge in [0.2, 0.25) is 5.91 Å². The van der Waals surface area contributed by atoms with Crippen LogP contribution in [0.2, 0.25) is 0 Å². The monoisotopic (exact) mass is 396 g/mol. The molecule has 0 radical (unpaired) electrons. The second kappa shape index (κ2) is 8.32. The van der Waals surface area contributed by atoms with Crippen molar-refractivity contribution in [3.05, 3.63) is 51.7 Å². The minimum absolute atomic E-state index is 0.00624. The van der Waals surface area contributed by atoms with Gasteiger partial charge >= 0.3 is 0 Å². The number of piperazine rings is 1. The quantitative estimate of drug-likeness (QED) is 0.818. The highest BCUT2D eigenvalue weighted by atomic mass is 16.2. The van der Waals surface area contributed by atoms with Crippen LogP contribution in [0.25, 0.3) is 0 Å². The average Bonchev–Trinajstić information content (AvgIpc) is 3.25. The van der Waals surface area contributed by atoms with Crippen LogP contribution in [0.15, 0.2) is 29.1 Å². The van der Waals surface area contributed by atoms with Gasteiger partial charge in [-0.25, -0.2) is 4.68 Å². The summed E-state index contributed by atoms with van der Waals surface area (Å²) in [4.78, 5) is 33.4. The van der Waals surface area contributed by atoms with Crippen LogP contribution in [0.3, 0.4) is 0 Å². The number of carbonyl (C=O) groups is 1. The third-order valence-electron chi connectivity index (χ3n) is 5.72. The number of anilines is 1. The SMILES string of the molecule is Cc1cc(N2CCN(C(=O)Cn3nc(C)ccc3=O)CC2)cc([C@H]2CCNC2)n1. The molecule has 4 heterocycles. The topological polar surface area (TPSA) is 83.4 Å². The van der Waals surface area contributed by atoms with Crippen molar-refractivity contribution in [3.63, 3.8) is 0 Å². The Labute approximate surface area is 170 Å². The third-order valence-corrected chi connectivity index (χ3v) is 5.72. The van der Waals surface area contributed by atoms with E-state index in [2.05, 4.69) is 27.4 Å². The third kappa shape index (κ3) is 4.48. The lowest BCUT2D eigenvalue weighted by atomic mass is 10.0. The lowest BCUT2D eigenvalue weighted by Gasteiger charge is -2.36. The van der Waals surface area contributed by atoms with Crippen LogP contribution in [0.1, 0.15) is 29.4 Å². The molecular weight excluding hydrogens is 368 g/mol. The Morgan fingerprint density at radius 3 is 2.66 bits per heavy atom. The van der Waals surface area contributed by atoms with E-state index in [1.165, 1.54) is 16.4 Å². The molecule has 0 bridgehead atoms. The van der Waals surface area contributed by atoms with Gasteiger partial charge in [0.05, 0.1) is 5.69 Å². The van der Waals surface area contributed by atoms with Crippen LogP contribution in [-0.2, 0) is 11.3 Å². The number of pyridine rings is 1. The van der Waals surface area contributed by atoms with Gasteiger partial charge in [-0.15, -0.1) is 0 Å². The van der Waals surface area contributed by atoms with Gasteiger partial charge in [-0.3, -0.25) is 14.6 Å². The normalized spacial score (nSPS) is 19.6. The standard InChI is InChI=1S/C21H28N6O2/c1-15-3-4-20(28)27(24-15)14-21(29)26-9-7-25(8-10-26)18-11-16(2)23-19(12-18)17-5-6-22-13-17/h3-4,11-12,17,22H,5-10,13-14H2,1-2H3/t17-/m0/s1. The molecule has 1 amide bonds. The summed E-state index contributed by atoms with van der Waals surface area (Å²) in [5.74, 6) is 0.421. The van der Waals surface area contributed by atoms with Crippen LogP contribution in [0.5, 0.6) is 0 Å². The van der Waals surface area contributed by atoms with Crippen LogP contribution in [-0.4, -0.2) is 64.8 Å². The number of hydrogen-bond donors (Lipinski definition) is 1. The van der Waals surface area contributed by atoms with Crippen molar-refractivity contribution < 1.29 is 4.79 Å². The number of rotatable bonds is 4. The van der Waals surface area contributed by atoms with Gasteiger partial charge < -0.3 is 15.1 Å². The highest BCUT2D eigenvalue weighted by Gasteiger charge is 2.24. The lowest BCUT2D eigenvalue weighted by Crippen LogP contribution is -2.50. The molecule has 29 heavy (non-hydrogen) atoms. The van der Waals surface area contributed by atoms with E-state index in [9.17, 15) is 9.59 Å². The number of nitrogens with zero attached hydrogens (tertiary/aromatic N) is 5. The maximum Gasteiger partial charge on any atom is 0.267 e. The summed E-state index contributed by atoms with van der Waals surface area (Å²) in [6.45, 7) is 8.71. The molecule has 4 rings (SSSR count). The first-order chi connectivity index (χ1) is 14.0. The summed E-state index contributed by atoms with van der Waals surface area (Å²) in [6.07, 6.45) is 1.13. The molecule has 2 aliphatic heterocycles. The first-order valence-corrected chi connectivity index (χ1v) is 10.3. The Hall–Kier alpha value is -2.74. The first-order valence-electron chi connectivity index (χ1n) is 10.3. The van der Waals surface area contributed by atoms with Crippen molar-refractivity contribution in [2.24, 2.45) is 0 Å². The fraction of sp³-hybridized carbons (Fsp3) is 0.524. The second-order valence-corrected chi connectivity index (χ2v) is 7.92. The van der Waals surface area contributed by atoms with Crippen molar-refractivity contribution in [3.8, 4) is 0 Å². The van der Waals surface area contributed by atoms with Gasteiger partial charge in [-0.05, 0) is 45.0 Å². The Morgan fingerprint density at radius 2 is 1.93 bits per heavy atom. The van der Waals surface area contributed by atoms with Gasteiger partial charge in [0.1, 0.15) is 6.54 Å². The number of carbonyl (C=O) groups excluding carboxylic acids is 1. The van der Waals surface area contributed by atoms with Gasteiger partial charge in [-0.2, -0.15) is 5.10 Å². The number of hydrogen-bond acceptors (Lipinski definition) is 6. The van der Waals surface area contributed by atoms with Crippen LogP contribution in [0.4, 0.5) is 5.69 Å². The highest BCUT2D eigenvalue weighted by molar-refractivity contribution is 5.76. The summed E-state index contributed by atoms with van der Waals surface area (Å²) in [7, 11) is 0. The van der Waals surface area contributed by atoms with E-state index in [0.717, 1.165) is 49.7 Å². The van der Waals surface area contributed by atoms with Crippen LogP contribution < -0.4 is 15.8 Å². The van der Waals surface area contributed by atoms with E-state index < -0.39 is 0 Å². The fourth-order valence-corrected chi connectivity index (χ4v) is 4.08. The zero-order valence-electron chi connectivity index (χ0n) is 17.1. The molecule has 0 unspecified atom stereocenters. The Kier molecular flexibility index (Phi) is 5.62. The molecule has 0 aliphatic carbocycles. The molecule has 8 heteroatoms. The largest absolute Gasteiger partial charge is 0.368 e. The van der Waals surface area contributed by atoms with Crippen molar-refractivity contribution in [2.75, 3.05) is 44.2 Å². The molecule has 1 atom stereocenters. The lowest BCUT2D eigenvalue weighted by molar-refractivity contribution is -0.132. The molecule has 2 aromatic rings. The van der Waals surface area contributed by atoms with Crippen molar-refractivity contribution in [2.45, 2.75) is 32.7 Å². The van der Waals surface area contributed by atoms with Crippen molar-refractivity contribution in [1.82, 2.24) is 25.0 Å². The smallest absolute Gasteiger partial charge is 0.267 e. The summed E-state index contributed by atoms with van der Waals surface area (Å²) in [5.41, 5.74) is 3.86. The van der Waals surface area contributed by atoms with Crippen LogP contribution in [0, 0.1) is 13.8 Å². The molecule has 0 saturated carbocycles. The van der Waals surface area contributed by atoms with Gasteiger partial charge in [0, 0.05) is 61.8 Å². The van der Waals surface area contributed by atoms with Crippen molar-refractivity contribution >= 4 is 11.6 Å². The summed E-state index contributed by atoms with van der Waals surface area (Å²) < 4.78 is 1.25. The van der Waals surface area contributed by atoms with E-state index in [1.54, 1.807) is 6.07 Å². The molecule has 0 aromatic carbocycles. The molecule has 2 saturated heterocycles. The van der Waals surface area contributed by atoms with E-state index >= 15 is 0 Å². The number of nitrogens with one attached hydrogen (secondary N) is 1. The van der Waals surface area contributed by atoms with E-state index in [1.807, 2.05) is 18.7 Å². The zero-order valence-corrected chi connectivity index (χ0v) is 17.1. The van der Waals surface area contributed by atoms with Crippen LogP contribution >= 0.6 is 0 Å². The Balaban J connectivity index is 1.39. The van der Waals surface area contributed by atoms with E-state index in [0.29, 0.717) is 19.0 Å². The van der Waals surface area contributed by atoms with Gasteiger partial charge in [0.25, 0.3) is 5.56 Å². The molecular formula is C21H28N6O2. The minimum Gasteiger partial charge on any atom is -0.368 e. The second-order valence-electron chi connectivity index (χ2n) is 7.92. The molecule has 8 nitrogen and oxygen atoms in total. The molecule has 2 aliphatic rings. The Bertz CT molecular complexity index is 942. The van der Waals surface area contributed by atoms with Crippen molar-refractivity contribution in [1.29, 1.82) is 0 Å². The van der Waals surface area contributed by atoms with Gasteiger partial charge in [-0.1, -0.05) is 0 Å². The zero-order chi connectivity index (χ0) is 20.4. The predicted molar refractivity (Wildman–Crippen MR) is 111 cm³/mol. The average molecular weight is 396 g/mol. The number of aryl methyl sites for hydroxylation is 2. The minimum atomic E-state index is -0.247. The predicted octanol–water partition coefficient (Wildman–Crippen LogP) is 0.681. The van der Waals surface area contributed by atoms with E-state index in [4.69, 9.17) is 4.98 Å². The maximum atomic E-state index is 12.6. The first kappa shape index (κ1) is 19.6. The maximum absolute atomic E-state index is 12.6. The molecule has 0 spiro atoms. The summed E-state index contributed by atoms with van der Waals surface area (Å²) in [6, 6.07) is 7.45. The number of aromatic nitrogens is 3. The number of amides is 1. The van der Waals surface area contributed by atoms with E-state index in [-0.39, 0.29) is 18.0 Å². The highest BCUT2D eigenvalue weighted by Crippen LogP contribution is 2.26. The Morgan fingerprint density at radius 1 is 1.14 bits per heavy atom. The summed E-state index contributed by atoms with van der Waals surface area (Å²) in [5, 5.41) is 7.57. The molecule has 154 valence electrons. The molecule has 2 aromatic heterocycles. The fourth-order valence-electron chi connectivity index (χ4n) is 4.08. The molecule has 1 N–H and O–H groups in total. The summed E-state index contributed by atoms with van der Waals surface area (Å²) >= 11 is 0. The van der Waals surface area contributed by atoms with Gasteiger partial charge in [0.15, 0.2) is 0 Å². The molecule has 2 fully saturated rings.